The number of hydrogen-bond acceptors (Lipinski definition) is 4. The molecule has 5 heteroatoms. The van der Waals surface area contributed by atoms with E-state index in [2.05, 4.69) is 9.88 Å². The van der Waals surface area contributed by atoms with Crippen molar-refractivity contribution in [2.45, 2.75) is 33.3 Å². The predicted molar refractivity (Wildman–Crippen MR) is 84.3 cm³/mol. The number of hydrogen-bond donors (Lipinski definition) is 1. The summed E-state index contributed by atoms with van der Waals surface area (Å²) in [6.45, 7) is 5.58. The van der Waals surface area contributed by atoms with Gasteiger partial charge in [-0.15, -0.1) is 0 Å². The largest absolute Gasteiger partial charge is 0.392 e. The van der Waals surface area contributed by atoms with Crippen molar-refractivity contribution in [2.24, 2.45) is 0 Å². The molecule has 3 rings (SSSR count). The van der Waals surface area contributed by atoms with Gasteiger partial charge in [-0.05, 0) is 50.5 Å². The molecule has 1 aliphatic heterocycles. The molecule has 4 nitrogen and oxygen atoms in total. The van der Waals surface area contributed by atoms with Gasteiger partial charge in [0.2, 0.25) is 5.95 Å². The fraction of sp³-hybridized carbons (Fsp3) is 0.412. The molecule has 1 aromatic heterocycles. The van der Waals surface area contributed by atoms with Crippen LogP contribution in [0.2, 0.25) is 0 Å². The third kappa shape index (κ3) is 2.68. The molecular weight excluding hydrogens is 281 g/mol. The third-order valence-corrected chi connectivity index (χ3v) is 4.26. The zero-order valence-electron chi connectivity index (χ0n) is 12.9. The van der Waals surface area contributed by atoms with Gasteiger partial charge in [-0.1, -0.05) is 0 Å². The molecule has 1 N–H and O–H groups in total. The van der Waals surface area contributed by atoms with Crippen LogP contribution in [0.5, 0.6) is 0 Å². The van der Waals surface area contributed by atoms with Crippen LogP contribution in [0.4, 0.5) is 10.3 Å². The fourth-order valence-electron chi connectivity index (χ4n) is 2.80. The van der Waals surface area contributed by atoms with Gasteiger partial charge in [-0.3, -0.25) is 0 Å². The molecular formula is C17H20FN3O. The van der Waals surface area contributed by atoms with Gasteiger partial charge < -0.3 is 10.0 Å². The average molecular weight is 301 g/mol. The van der Waals surface area contributed by atoms with E-state index in [1.807, 2.05) is 13.8 Å². The van der Waals surface area contributed by atoms with Gasteiger partial charge in [0.05, 0.1) is 12.3 Å². The van der Waals surface area contributed by atoms with E-state index >= 15 is 0 Å². The van der Waals surface area contributed by atoms with Crippen molar-refractivity contribution >= 4 is 5.95 Å². The SMILES string of the molecule is Cc1nc(N2CCCC2)nc(-c2ccc(F)c(CO)c2)c1C. The number of halogens is 1. The number of anilines is 1. The van der Waals surface area contributed by atoms with E-state index in [0.29, 0.717) is 0 Å². The van der Waals surface area contributed by atoms with Gasteiger partial charge in [0, 0.05) is 29.9 Å². The van der Waals surface area contributed by atoms with Gasteiger partial charge >= 0.3 is 0 Å². The van der Waals surface area contributed by atoms with Crippen LogP contribution in [0.1, 0.15) is 29.7 Å². The maximum Gasteiger partial charge on any atom is 0.226 e. The number of benzene rings is 1. The molecule has 0 unspecified atom stereocenters. The van der Waals surface area contributed by atoms with Crippen LogP contribution < -0.4 is 4.90 Å². The molecule has 0 saturated carbocycles. The van der Waals surface area contributed by atoms with E-state index in [1.54, 1.807) is 12.1 Å². The highest BCUT2D eigenvalue weighted by molar-refractivity contribution is 5.66. The van der Waals surface area contributed by atoms with E-state index in [9.17, 15) is 9.50 Å². The van der Waals surface area contributed by atoms with Crippen LogP contribution in [-0.2, 0) is 6.61 Å². The summed E-state index contributed by atoms with van der Waals surface area (Å²) < 4.78 is 13.6. The van der Waals surface area contributed by atoms with Crippen molar-refractivity contribution in [1.82, 2.24) is 9.97 Å². The zero-order chi connectivity index (χ0) is 15.7. The summed E-state index contributed by atoms with van der Waals surface area (Å²) in [5.74, 6) is 0.347. The quantitative estimate of drug-likeness (QED) is 0.947. The molecule has 0 aliphatic carbocycles. The summed E-state index contributed by atoms with van der Waals surface area (Å²) in [6.07, 6.45) is 2.33. The van der Waals surface area contributed by atoms with Crippen LogP contribution in [0.25, 0.3) is 11.3 Å². The van der Waals surface area contributed by atoms with Crippen molar-refractivity contribution in [3.05, 3.63) is 40.8 Å². The first-order valence-corrected chi connectivity index (χ1v) is 7.60. The molecule has 0 amide bonds. The fourth-order valence-corrected chi connectivity index (χ4v) is 2.80. The van der Waals surface area contributed by atoms with Gasteiger partial charge in [-0.2, -0.15) is 0 Å². The highest BCUT2D eigenvalue weighted by atomic mass is 19.1. The highest BCUT2D eigenvalue weighted by Crippen LogP contribution is 2.28. The smallest absolute Gasteiger partial charge is 0.226 e. The Bertz CT molecular complexity index is 697. The molecule has 116 valence electrons. The van der Waals surface area contributed by atoms with Crippen molar-refractivity contribution < 1.29 is 9.50 Å². The number of nitrogens with zero attached hydrogens (tertiary/aromatic N) is 3. The molecule has 0 atom stereocenters. The first-order chi connectivity index (χ1) is 10.6. The molecule has 1 fully saturated rings. The molecule has 22 heavy (non-hydrogen) atoms. The maximum atomic E-state index is 13.6. The molecule has 0 radical (unpaired) electrons. The Morgan fingerprint density at radius 1 is 1.18 bits per heavy atom. The zero-order valence-corrected chi connectivity index (χ0v) is 12.9. The Balaban J connectivity index is 2.09. The summed E-state index contributed by atoms with van der Waals surface area (Å²) in [4.78, 5) is 11.5. The van der Waals surface area contributed by atoms with Crippen molar-refractivity contribution in [2.75, 3.05) is 18.0 Å². The minimum absolute atomic E-state index is 0.288. The Kier molecular flexibility index (Phi) is 4.07. The van der Waals surface area contributed by atoms with Gasteiger partial charge in [0.1, 0.15) is 5.82 Å². The molecule has 2 aromatic rings. The van der Waals surface area contributed by atoms with E-state index in [4.69, 9.17) is 4.98 Å². The van der Waals surface area contributed by atoms with Crippen LogP contribution >= 0.6 is 0 Å². The summed E-state index contributed by atoms with van der Waals surface area (Å²) in [5, 5.41) is 9.26. The molecule has 1 aromatic carbocycles. The average Bonchev–Trinajstić information content (AvgIpc) is 3.05. The van der Waals surface area contributed by atoms with Gasteiger partial charge in [0.25, 0.3) is 0 Å². The van der Waals surface area contributed by atoms with Crippen LogP contribution in [0, 0.1) is 19.7 Å². The Morgan fingerprint density at radius 3 is 2.59 bits per heavy atom. The molecule has 0 spiro atoms. The summed E-state index contributed by atoms with van der Waals surface area (Å²) >= 11 is 0. The lowest BCUT2D eigenvalue weighted by atomic mass is 10.0. The van der Waals surface area contributed by atoms with E-state index in [1.165, 1.54) is 6.07 Å². The summed E-state index contributed by atoms with van der Waals surface area (Å²) in [7, 11) is 0. The topological polar surface area (TPSA) is 49.2 Å². The second kappa shape index (κ2) is 6.01. The summed E-state index contributed by atoms with van der Waals surface area (Å²) in [5.41, 5.74) is 3.83. The van der Waals surface area contributed by atoms with E-state index in [0.717, 1.165) is 54.4 Å². The number of aliphatic hydroxyl groups excluding tert-OH is 1. The second-order valence-electron chi connectivity index (χ2n) is 5.74. The van der Waals surface area contributed by atoms with E-state index < -0.39 is 5.82 Å². The Morgan fingerprint density at radius 2 is 1.91 bits per heavy atom. The number of aryl methyl sites for hydroxylation is 1. The maximum absolute atomic E-state index is 13.6. The second-order valence-corrected chi connectivity index (χ2v) is 5.74. The van der Waals surface area contributed by atoms with Gasteiger partial charge in [-0.25, -0.2) is 14.4 Å². The first-order valence-electron chi connectivity index (χ1n) is 7.60. The van der Waals surface area contributed by atoms with Crippen LogP contribution in [0.3, 0.4) is 0 Å². The Labute approximate surface area is 129 Å². The highest BCUT2D eigenvalue weighted by Gasteiger charge is 2.18. The normalized spacial score (nSPS) is 14.6. The first kappa shape index (κ1) is 14.9. The van der Waals surface area contributed by atoms with Crippen molar-refractivity contribution in [1.29, 1.82) is 0 Å². The monoisotopic (exact) mass is 301 g/mol. The lowest BCUT2D eigenvalue weighted by Gasteiger charge is -2.18. The van der Waals surface area contributed by atoms with E-state index in [-0.39, 0.29) is 12.2 Å². The minimum atomic E-state index is -0.394. The predicted octanol–water partition coefficient (Wildman–Crippen LogP) is 2.99. The number of rotatable bonds is 3. The minimum Gasteiger partial charge on any atom is -0.392 e. The van der Waals surface area contributed by atoms with Crippen molar-refractivity contribution in [3.8, 4) is 11.3 Å². The Hall–Kier alpha value is -2.01. The molecule has 1 aliphatic rings. The van der Waals surface area contributed by atoms with Crippen LogP contribution in [0.15, 0.2) is 18.2 Å². The van der Waals surface area contributed by atoms with Crippen molar-refractivity contribution in [3.63, 3.8) is 0 Å². The lowest BCUT2D eigenvalue weighted by Crippen LogP contribution is -2.21. The molecule has 2 heterocycles. The number of aromatic nitrogens is 2. The lowest BCUT2D eigenvalue weighted by molar-refractivity contribution is 0.276. The van der Waals surface area contributed by atoms with Crippen LogP contribution in [-0.4, -0.2) is 28.2 Å². The standard InChI is InChI=1S/C17H20FN3O/c1-11-12(2)19-17(21-7-3-4-8-21)20-16(11)13-5-6-15(18)14(9-13)10-22/h5-6,9,22H,3-4,7-8,10H2,1-2H3. The van der Waals surface area contributed by atoms with Gasteiger partial charge in [0.15, 0.2) is 0 Å². The molecule has 0 bridgehead atoms. The summed E-state index contributed by atoms with van der Waals surface area (Å²) in [6, 6.07) is 4.75. The number of aliphatic hydroxyl groups is 1. The third-order valence-electron chi connectivity index (χ3n) is 4.26. The molecule has 1 saturated heterocycles.